The van der Waals surface area contributed by atoms with E-state index in [1.165, 1.54) is 12.1 Å². The Kier molecular flexibility index (Phi) is 5.33. The number of nitrogens with zero attached hydrogens (tertiary/aromatic N) is 2. The van der Waals surface area contributed by atoms with Gasteiger partial charge < -0.3 is 5.73 Å². The lowest BCUT2D eigenvalue weighted by molar-refractivity contribution is 0.603. The highest BCUT2D eigenvalue weighted by molar-refractivity contribution is 5.85. The maximum Gasteiger partial charge on any atom is 0.127 e. The van der Waals surface area contributed by atoms with Crippen molar-refractivity contribution < 1.29 is 4.39 Å². The van der Waals surface area contributed by atoms with Crippen molar-refractivity contribution in [2.75, 3.05) is 0 Å². The summed E-state index contributed by atoms with van der Waals surface area (Å²) < 4.78 is 13.2. The molecule has 0 fully saturated rings. The molecule has 3 nitrogen and oxygen atoms in total. The van der Waals surface area contributed by atoms with Crippen molar-refractivity contribution in [3.63, 3.8) is 0 Å². The summed E-state index contributed by atoms with van der Waals surface area (Å²) in [6, 6.07) is 7.05. The van der Waals surface area contributed by atoms with E-state index in [4.69, 9.17) is 16.3 Å². The highest BCUT2D eigenvalue weighted by Crippen LogP contribution is 2.11. The molecule has 78 valence electrons. The van der Waals surface area contributed by atoms with E-state index in [2.05, 4.69) is 0 Å². The predicted octanol–water partition coefficient (Wildman–Crippen LogP) is 1.51. The van der Waals surface area contributed by atoms with Gasteiger partial charge in [0.05, 0.1) is 23.7 Å². The molecule has 1 unspecified atom stereocenters. The van der Waals surface area contributed by atoms with E-state index < -0.39 is 11.9 Å². The fraction of sp³-hybridized carbons (Fsp3) is 0.200. The number of nitrogens with two attached hydrogens (primary N) is 1. The van der Waals surface area contributed by atoms with Gasteiger partial charge in [-0.05, 0) is 17.7 Å². The summed E-state index contributed by atoms with van der Waals surface area (Å²) in [5.41, 5.74) is 5.97. The van der Waals surface area contributed by atoms with Gasteiger partial charge in [0.15, 0.2) is 0 Å². The Morgan fingerprint density at radius 2 is 2.07 bits per heavy atom. The Morgan fingerprint density at radius 3 is 2.53 bits per heavy atom. The minimum Gasteiger partial charge on any atom is -0.316 e. The summed E-state index contributed by atoms with van der Waals surface area (Å²) in [6.45, 7) is 0. The molecule has 0 aliphatic heterocycles. The molecule has 0 aliphatic rings. The predicted molar refractivity (Wildman–Crippen MR) is 55.7 cm³/mol. The first-order valence-corrected chi connectivity index (χ1v) is 4.01. The molecule has 5 heteroatoms. The molecule has 0 heterocycles. The Bertz CT molecular complexity index is 420. The maximum absolute atomic E-state index is 13.2. The van der Waals surface area contributed by atoms with Crippen LogP contribution in [-0.4, -0.2) is 6.04 Å². The number of benzene rings is 1. The molecule has 0 spiro atoms. The van der Waals surface area contributed by atoms with Gasteiger partial charge in [-0.25, -0.2) is 4.39 Å². The zero-order chi connectivity index (χ0) is 10.6. The first-order valence-electron chi connectivity index (χ1n) is 4.01. The highest BCUT2D eigenvalue weighted by Gasteiger charge is 2.07. The van der Waals surface area contributed by atoms with Crippen molar-refractivity contribution in [1.29, 1.82) is 10.5 Å². The molecule has 1 aromatic rings. The fourth-order valence-corrected chi connectivity index (χ4v) is 1.06. The first kappa shape index (κ1) is 13.4. The van der Waals surface area contributed by atoms with E-state index >= 15 is 0 Å². The van der Waals surface area contributed by atoms with Gasteiger partial charge in [0.25, 0.3) is 0 Å². The molecule has 0 saturated heterocycles. The van der Waals surface area contributed by atoms with Crippen LogP contribution in [0, 0.1) is 28.5 Å². The summed E-state index contributed by atoms with van der Waals surface area (Å²) in [5.74, 6) is -0.491. The number of halogens is 2. The van der Waals surface area contributed by atoms with Gasteiger partial charge in [0, 0.05) is 6.42 Å². The average Bonchev–Trinajstić information content (AvgIpc) is 2.20. The van der Waals surface area contributed by atoms with Crippen molar-refractivity contribution in [3.05, 3.63) is 35.1 Å². The SMILES string of the molecule is Cl.N#Cc1ccc(CC(N)C#N)c(F)c1. The first-order chi connectivity index (χ1) is 6.67. The van der Waals surface area contributed by atoms with Crippen LogP contribution in [-0.2, 0) is 6.42 Å². The third-order valence-corrected chi connectivity index (χ3v) is 1.79. The number of hydrogen-bond donors (Lipinski definition) is 1. The second-order valence-electron chi connectivity index (χ2n) is 2.86. The lowest BCUT2D eigenvalue weighted by atomic mass is 10.1. The van der Waals surface area contributed by atoms with Crippen molar-refractivity contribution in [3.8, 4) is 12.1 Å². The Labute approximate surface area is 93.3 Å². The average molecular weight is 226 g/mol. The third kappa shape index (κ3) is 3.55. The standard InChI is InChI=1S/C10H8FN3.ClH/c11-10-3-7(5-12)1-2-8(10)4-9(14)6-13;/h1-3,9H,4,14H2;1H. The summed E-state index contributed by atoms with van der Waals surface area (Å²) in [4.78, 5) is 0. The lowest BCUT2D eigenvalue weighted by Gasteiger charge is -2.04. The molecule has 0 aromatic heterocycles. The second kappa shape index (κ2) is 5.98. The van der Waals surface area contributed by atoms with Crippen LogP contribution in [0.3, 0.4) is 0 Å². The van der Waals surface area contributed by atoms with Gasteiger partial charge in [-0.2, -0.15) is 10.5 Å². The van der Waals surface area contributed by atoms with Crippen LogP contribution in [0.2, 0.25) is 0 Å². The topological polar surface area (TPSA) is 73.6 Å². The quantitative estimate of drug-likeness (QED) is 0.829. The second-order valence-corrected chi connectivity index (χ2v) is 2.86. The molecule has 2 N–H and O–H groups in total. The molecule has 15 heavy (non-hydrogen) atoms. The largest absolute Gasteiger partial charge is 0.316 e. The molecule has 1 aromatic carbocycles. The van der Waals surface area contributed by atoms with Crippen LogP contribution in [0.15, 0.2) is 18.2 Å². The van der Waals surface area contributed by atoms with Gasteiger partial charge in [-0.1, -0.05) is 6.07 Å². The van der Waals surface area contributed by atoms with Crippen LogP contribution >= 0.6 is 12.4 Å². The molecule has 0 saturated carbocycles. The Morgan fingerprint density at radius 1 is 1.40 bits per heavy atom. The summed E-state index contributed by atoms with van der Waals surface area (Å²) in [5, 5.41) is 16.9. The van der Waals surface area contributed by atoms with Crippen molar-refractivity contribution >= 4 is 12.4 Å². The molecule has 1 rings (SSSR count). The monoisotopic (exact) mass is 225 g/mol. The Hall–Kier alpha value is -1.62. The smallest absolute Gasteiger partial charge is 0.127 e. The molecular formula is C10H9ClFN3. The van der Waals surface area contributed by atoms with Crippen LogP contribution in [0.1, 0.15) is 11.1 Å². The van der Waals surface area contributed by atoms with E-state index in [9.17, 15) is 4.39 Å². The maximum atomic E-state index is 13.2. The van der Waals surface area contributed by atoms with E-state index in [0.29, 0.717) is 5.56 Å². The van der Waals surface area contributed by atoms with Crippen LogP contribution in [0.4, 0.5) is 4.39 Å². The summed E-state index contributed by atoms with van der Waals surface area (Å²) >= 11 is 0. The third-order valence-electron chi connectivity index (χ3n) is 1.79. The summed E-state index contributed by atoms with van der Waals surface area (Å²) in [6.07, 6.45) is 0.161. The lowest BCUT2D eigenvalue weighted by Crippen LogP contribution is -2.20. The van der Waals surface area contributed by atoms with Crippen molar-refractivity contribution in [2.45, 2.75) is 12.5 Å². The van der Waals surface area contributed by atoms with Gasteiger partial charge in [-0.15, -0.1) is 12.4 Å². The van der Waals surface area contributed by atoms with Crippen LogP contribution in [0.5, 0.6) is 0 Å². The molecule has 0 radical (unpaired) electrons. The summed E-state index contributed by atoms with van der Waals surface area (Å²) in [7, 11) is 0. The van der Waals surface area contributed by atoms with Gasteiger partial charge in [0.2, 0.25) is 0 Å². The molecule has 1 atom stereocenters. The van der Waals surface area contributed by atoms with E-state index in [-0.39, 0.29) is 24.4 Å². The highest BCUT2D eigenvalue weighted by atomic mass is 35.5. The van der Waals surface area contributed by atoms with Crippen LogP contribution in [0.25, 0.3) is 0 Å². The Balaban J connectivity index is 0.00000196. The van der Waals surface area contributed by atoms with Gasteiger partial charge >= 0.3 is 0 Å². The van der Waals surface area contributed by atoms with Crippen molar-refractivity contribution in [1.82, 2.24) is 0 Å². The molecular weight excluding hydrogens is 217 g/mol. The number of hydrogen-bond acceptors (Lipinski definition) is 3. The zero-order valence-electron chi connectivity index (χ0n) is 7.77. The fourth-order valence-electron chi connectivity index (χ4n) is 1.06. The van der Waals surface area contributed by atoms with Crippen molar-refractivity contribution in [2.24, 2.45) is 5.73 Å². The molecule has 0 aliphatic carbocycles. The van der Waals surface area contributed by atoms with E-state index in [1.54, 1.807) is 0 Å². The molecule has 0 bridgehead atoms. The zero-order valence-corrected chi connectivity index (χ0v) is 8.59. The molecule has 0 amide bonds. The minimum atomic E-state index is -0.711. The van der Waals surface area contributed by atoms with Gasteiger partial charge in [0.1, 0.15) is 5.82 Å². The normalized spacial score (nSPS) is 10.7. The number of nitriles is 2. The van der Waals surface area contributed by atoms with E-state index in [0.717, 1.165) is 6.07 Å². The van der Waals surface area contributed by atoms with Crippen LogP contribution < -0.4 is 5.73 Å². The minimum absolute atomic E-state index is 0. The van der Waals surface area contributed by atoms with Gasteiger partial charge in [-0.3, -0.25) is 0 Å². The van der Waals surface area contributed by atoms with E-state index in [1.807, 2.05) is 12.1 Å². The number of rotatable bonds is 2.